The molecule has 0 spiro atoms. The molecule has 0 aromatic carbocycles. The van der Waals surface area contributed by atoms with Gasteiger partial charge in [-0.1, -0.05) is 0 Å². The van der Waals surface area contributed by atoms with E-state index in [4.69, 9.17) is 4.74 Å². The Morgan fingerprint density at radius 1 is 1.32 bits per heavy atom. The van der Waals surface area contributed by atoms with Crippen molar-refractivity contribution in [2.45, 2.75) is 39.8 Å². The second-order valence-electron chi connectivity index (χ2n) is 5.02. The van der Waals surface area contributed by atoms with Crippen LogP contribution in [0.5, 0.6) is 0 Å². The highest BCUT2D eigenvalue weighted by molar-refractivity contribution is 5.78. The van der Waals surface area contributed by atoms with Gasteiger partial charge in [0.15, 0.2) is 5.65 Å². The molecule has 2 rings (SSSR count). The zero-order chi connectivity index (χ0) is 13.8. The van der Waals surface area contributed by atoms with Crippen LogP contribution < -0.4 is 5.32 Å². The molecule has 0 saturated heterocycles. The van der Waals surface area contributed by atoms with Crippen LogP contribution in [0, 0.1) is 0 Å². The van der Waals surface area contributed by atoms with Crippen LogP contribution in [0.15, 0.2) is 18.5 Å². The number of aromatic nitrogens is 3. The fraction of sp³-hybridized carbons (Fsp3) is 0.571. The Bertz CT molecular complexity index is 535. The molecular formula is C14H22N4O. The minimum Gasteiger partial charge on any atom is -0.380 e. The summed E-state index contributed by atoms with van der Waals surface area (Å²) in [5.41, 5.74) is 1.93. The number of pyridine rings is 1. The zero-order valence-electron chi connectivity index (χ0n) is 12.1. The van der Waals surface area contributed by atoms with Crippen LogP contribution in [-0.2, 0) is 4.74 Å². The molecule has 0 aliphatic heterocycles. The summed E-state index contributed by atoms with van der Waals surface area (Å²) >= 11 is 0. The van der Waals surface area contributed by atoms with Crippen LogP contribution in [-0.4, -0.2) is 34.0 Å². The Balaban J connectivity index is 2.14. The smallest absolute Gasteiger partial charge is 0.158 e. The van der Waals surface area contributed by atoms with Gasteiger partial charge in [0, 0.05) is 24.1 Å². The molecule has 2 aromatic heterocycles. The van der Waals surface area contributed by atoms with Gasteiger partial charge in [0.1, 0.15) is 0 Å². The molecule has 19 heavy (non-hydrogen) atoms. The maximum absolute atomic E-state index is 5.39. The van der Waals surface area contributed by atoms with Gasteiger partial charge in [-0.05, 0) is 33.8 Å². The Morgan fingerprint density at radius 2 is 2.11 bits per heavy atom. The standard InChI is InChI=1S/C14H22N4O/c1-5-19-9-11(4)17-13-6-12-7-16-18(10(2)3)14(12)15-8-13/h6-8,10-11,17H,5,9H2,1-4H3. The highest BCUT2D eigenvalue weighted by atomic mass is 16.5. The Labute approximate surface area is 114 Å². The maximum Gasteiger partial charge on any atom is 0.158 e. The molecule has 1 N–H and O–H groups in total. The quantitative estimate of drug-likeness (QED) is 0.869. The minimum atomic E-state index is 0.263. The van der Waals surface area contributed by atoms with E-state index in [-0.39, 0.29) is 6.04 Å². The van der Waals surface area contributed by atoms with Crippen LogP contribution in [0.25, 0.3) is 11.0 Å². The fourth-order valence-corrected chi connectivity index (χ4v) is 2.02. The van der Waals surface area contributed by atoms with Gasteiger partial charge in [-0.2, -0.15) is 5.10 Å². The van der Waals surface area contributed by atoms with Crippen molar-refractivity contribution in [3.8, 4) is 0 Å². The highest BCUT2D eigenvalue weighted by Gasteiger charge is 2.09. The summed E-state index contributed by atoms with van der Waals surface area (Å²) in [6.45, 7) is 9.73. The number of anilines is 1. The number of nitrogens with zero attached hydrogens (tertiary/aromatic N) is 3. The molecule has 0 radical (unpaired) electrons. The fourth-order valence-electron chi connectivity index (χ4n) is 2.02. The lowest BCUT2D eigenvalue weighted by atomic mass is 10.3. The predicted molar refractivity (Wildman–Crippen MR) is 77.5 cm³/mol. The van der Waals surface area contributed by atoms with Crippen molar-refractivity contribution in [3.05, 3.63) is 18.5 Å². The van der Waals surface area contributed by atoms with Crippen molar-refractivity contribution in [1.29, 1.82) is 0 Å². The number of nitrogens with one attached hydrogen (secondary N) is 1. The first-order chi connectivity index (χ1) is 9.11. The Hall–Kier alpha value is -1.62. The van der Waals surface area contributed by atoms with Crippen molar-refractivity contribution in [2.75, 3.05) is 18.5 Å². The lowest BCUT2D eigenvalue weighted by Gasteiger charge is -2.14. The molecule has 0 saturated carbocycles. The molecule has 104 valence electrons. The molecule has 2 aromatic rings. The summed E-state index contributed by atoms with van der Waals surface area (Å²) < 4.78 is 7.32. The molecule has 2 heterocycles. The monoisotopic (exact) mass is 262 g/mol. The summed E-state index contributed by atoms with van der Waals surface area (Å²) in [7, 11) is 0. The van der Waals surface area contributed by atoms with Gasteiger partial charge in [0.2, 0.25) is 0 Å². The Kier molecular flexibility index (Phi) is 4.37. The van der Waals surface area contributed by atoms with Crippen molar-refractivity contribution >= 4 is 16.7 Å². The van der Waals surface area contributed by atoms with Gasteiger partial charge in [0.25, 0.3) is 0 Å². The van der Waals surface area contributed by atoms with Crippen molar-refractivity contribution in [3.63, 3.8) is 0 Å². The summed E-state index contributed by atoms with van der Waals surface area (Å²) in [5.74, 6) is 0. The highest BCUT2D eigenvalue weighted by Crippen LogP contribution is 2.19. The topological polar surface area (TPSA) is 52.0 Å². The summed E-state index contributed by atoms with van der Waals surface area (Å²) in [5, 5.41) is 8.81. The van der Waals surface area contributed by atoms with E-state index < -0.39 is 0 Å². The van der Waals surface area contributed by atoms with E-state index in [1.54, 1.807) is 0 Å². The number of rotatable bonds is 6. The van der Waals surface area contributed by atoms with Crippen molar-refractivity contribution < 1.29 is 4.74 Å². The van der Waals surface area contributed by atoms with Gasteiger partial charge in [0.05, 0.1) is 24.7 Å². The number of ether oxygens (including phenoxy) is 1. The van der Waals surface area contributed by atoms with Crippen LogP contribution in [0.3, 0.4) is 0 Å². The van der Waals surface area contributed by atoms with Crippen LogP contribution in [0.4, 0.5) is 5.69 Å². The van der Waals surface area contributed by atoms with Crippen LogP contribution >= 0.6 is 0 Å². The molecule has 5 nitrogen and oxygen atoms in total. The second-order valence-corrected chi connectivity index (χ2v) is 5.02. The van der Waals surface area contributed by atoms with E-state index in [2.05, 4.69) is 42.2 Å². The number of hydrogen-bond donors (Lipinski definition) is 1. The van der Waals surface area contributed by atoms with Gasteiger partial charge in [-0.25, -0.2) is 9.67 Å². The molecule has 0 amide bonds. The molecule has 0 aliphatic rings. The number of hydrogen-bond acceptors (Lipinski definition) is 4. The van der Waals surface area contributed by atoms with E-state index in [0.717, 1.165) is 23.3 Å². The van der Waals surface area contributed by atoms with Gasteiger partial charge < -0.3 is 10.1 Å². The first kappa shape index (κ1) is 13.8. The minimum absolute atomic E-state index is 0.263. The maximum atomic E-state index is 5.39. The van der Waals surface area contributed by atoms with E-state index in [0.29, 0.717) is 12.6 Å². The molecule has 0 bridgehead atoms. The molecule has 0 fully saturated rings. The first-order valence-electron chi connectivity index (χ1n) is 6.79. The molecule has 5 heteroatoms. The Morgan fingerprint density at radius 3 is 2.79 bits per heavy atom. The summed E-state index contributed by atoms with van der Waals surface area (Å²) in [4.78, 5) is 4.49. The largest absolute Gasteiger partial charge is 0.380 e. The predicted octanol–water partition coefficient (Wildman–Crippen LogP) is 2.85. The van der Waals surface area contributed by atoms with E-state index in [9.17, 15) is 0 Å². The lowest BCUT2D eigenvalue weighted by molar-refractivity contribution is 0.141. The van der Waals surface area contributed by atoms with E-state index >= 15 is 0 Å². The van der Waals surface area contributed by atoms with Crippen LogP contribution in [0.2, 0.25) is 0 Å². The third kappa shape index (κ3) is 3.23. The summed E-state index contributed by atoms with van der Waals surface area (Å²) in [6.07, 6.45) is 3.71. The molecular weight excluding hydrogens is 240 g/mol. The van der Waals surface area contributed by atoms with E-state index in [1.165, 1.54) is 0 Å². The average molecular weight is 262 g/mol. The summed E-state index contributed by atoms with van der Waals surface area (Å²) in [6, 6.07) is 2.66. The molecule has 1 unspecified atom stereocenters. The third-order valence-electron chi connectivity index (χ3n) is 2.91. The SMILES string of the molecule is CCOCC(C)Nc1cnc2c(cnn2C(C)C)c1. The third-order valence-corrected chi connectivity index (χ3v) is 2.91. The molecule has 0 aliphatic carbocycles. The normalized spacial score (nSPS) is 13.1. The van der Waals surface area contributed by atoms with Gasteiger partial charge in [-0.3, -0.25) is 0 Å². The molecule has 1 atom stereocenters. The van der Waals surface area contributed by atoms with Crippen LogP contribution in [0.1, 0.15) is 33.7 Å². The average Bonchev–Trinajstić information content (AvgIpc) is 2.79. The van der Waals surface area contributed by atoms with Gasteiger partial charge in [-0.15, -0.1) is 0 Å². The number of fused-ring (bicyclic) bond motifs is 1. The second kappa shape index (κ2) is 6.02. The van der Waals surface area contributed by atoms with Crippen molar-refractivity contribution in [1.82, 2.24) is 14.8 Å². The van der Waals surface area contributed by atoms with E-state index in [1.807, 2.05) is 24.0 Å². The first-order valence-corrected chi connectivity index (χ1v) is 6.79. The lowest BCUT2D eigenvalue weighted by Crippen LogP contribution is -2.21. The van der Waals surface area contributed by atoms with Gasteiger partial charge >= 0.3 is 0 Å². The zero-order valence-corrected chi connectivity index (χ0v) is 12.1. The van der Waals surface area contributed by atoms with Crippen molar-refractivity contribution in [2.24, 2.45) is 0 Å².